The highest BCUT2D eigenvalue weighted by Gasteiger charge is 2.64. The van der Waals surface area contributed by atoms with Gasteiger partial charge in [0.25, 0.3) is 0 Å². The van der Waals surface area contributed by atoms with Gasteiger partial charge in [0.2, 0.25) is 0 Å². The number of carbonyl (C=O) groups excluding carboxylic acids is 1. The SMILES string of the molecule is COC(=O)NC1(C(F)(F)F)CC1. The van der Waals surface area contributed by atoms with Crippen molar-refractivity contribution in [2.75, 3.05) is 7.11 Å². The summed E-state index contributed by atoms with van der Waals surface area (Å²) in [4.78, 5) is 10.5. The lowest BCUT2D eigenvalue weighted by Gasteiger charge is -2.19. The molecule has 0 radical (unpaired) electrons. The summed E-state index contributed by atoms with van der Waals surface area (Å²) in [6.45, 7) is 0. The third kappa shape index (κ3) is 1.46. The second-order valence-electron chi connectivity index (χ2n) is 2.70. The Morgan fingerprint density at radius 3 is 2.25 bits per heavy atom. The van der Waals surface area contributed by atoms with Crippen molar-refractivity contribution in [3.63, 3.8) is 0 Å². The Morgan fingerprint density at radius 2 is 2.00 bits per heavy atom. The summed E-state index contributed by atoms with van der Waals surface area (Å²) in [6, 6.07) is 0. The number of ether oxygens (including phenoxy) is 1. The molecule has 0 aromatic carbocycles. The van der Waals surface area contributed by atoms with Crippen LogP contribution in [0.2, 0.25) is 0 Å². The lowest BCUT2D eigenvalue weighted by atomic mass is 10.3. The van der Waals surface area contributed by atoms with Crippen LogP contribution in [0.25, 0.3) is 0 Å². The quantitative estimate of drug-likeness (QED) is 0.667. The van der Waals surface area contributed by atoms with E-state index in [1.165, 1.54) is 0 Å². The Hall–Kier alpha value is -0.940. The van der Waals surface area contributed by atoms with Gasteiger partial charge in [-0.3, -0.25) is 0 Å². The van der Waals surface area contributed by atoms with Crippen LogP contribution in [0, 0.1) is 0 Å². The standard InChI is InChI=1S/C6H8F3NO2/c1-12-4(11)10-5(2-3-5)6(7,8)9/h2-3H2,1H3,(H,10,11). The van der Waals surface area contributed by atoms with Gasteiger partial charge in [0.15, 0.2) is 0 Å². The molecule has 0 aliphatic heterocycles. The van der Waals surface area contributed by atoms with Crippen molar-refractivity contribution in [2.24, 2.45) is 0 Å². The van der Waals surface area contributed by atoms with Gasteiger partial charge in [-0.25, -0.2) is 4.79 Å². The number of hydrogen-bond donors (Lipinski definition) is 1. The van der Waals surface area contributed by atoms with Crippen molar-refractivity contribution in [3.05, 3.63) is 0 Å². The topological polar surface area (TPSA) is 38.3 Å². The number of rotatable bonds is 1. The largest absolute Gasteiger partial charge is 0.453 e. The summed E-state index contributed by atoms with van der Waals surface area (Å²) in [5, 5.41) is 1.77. The van der Waals surface area contributed by atoms with Gasteiger partial charge in [0, 0.05) is 0 Å². The molecule has 0 unspecified atom stereocenters. The molecule has 1 fully saturated rings. The molecule has 0 bridgehead atoms. The van der Waals surface area contributed by atoms with Crippen LogP contribution in [0.3, 0.4) is 0 Å². The molecule has 1 aliphatic carbocycles. The zero-order valence-electron chi connectivity index (χ0n) is 6.36. The Balaban J connectivity index is 2.56. The molecule has 1 rings (SSSR count). The monoisotopic (exact) mass is 183 g/mol. The van der Waals surface area contributed by atoms with Gasteiger partial charge in [-0.05, 0) is 12.8 Å². The first-order valence-electron chi connectivity index (χ1n) is 3.34. The average Bonchev–Trinajstić information content (AvgIpc) is 2.67. The third-order valence-electron chi connectivity index (χ3n) is 1.82. The highest BCUT2D eigenvalue weighted by atomic mass is 19.4. The molecule has 0 saturated heterocycles. The fourth-order valence-electron chi connectivity index (χ4n) is 0.851. The van der Waals surface area contributed by atoms with Crippen molar-refractivity contribution in [1.82, 2.24) is 5.32 Å². The minimum absolute atomic E-state index is 0.0639. The molecule has 0 spiro atoms. The van der Waals surface area contributed by atoms with E-state index in [-0.39, 0.29) is 12.8 Å². The number of methoxy groups -OCH3 is 1. The molecule has 0 heterocycles. The van der Waals surface area contributed by atoms with E-state index in [0.29, 0.717) is 0 Å². The number of amides is 1. The number of nitrogens with one attached hydrogen (secondary N) is 1. The van der Waals surface area contributed by atoms with E-state index in [0.717, 1.165) is 7.11 Å². The lowest BCUT2D eigenvalue weighted by molar-refractivity contribution is -0.163. The molecule has 1 amide bonds. The summed E-state index contributed by atoms with van der Waals surface area (Å²) >= 11 is 0. The first-order valence-corrected chi connectivity index (χ1v) is 3.34. The van der Waals surface area contributed by atoms with Gasteiger partial charge >= 0.3 is 12.3 Å². The van der Waals surface area contributed by atoms with Gasteiger partial charge in [-0.1, -0.05) is 0 Å². The van der Waals surface area contributed by atoms with Gasteiger partial charge in [-0.2, -0.15) is 13.2 Å². The molecule has 0 aromatic heterocycles. The predicted octanol–water partition coefficient (Wildman–Crippen LogP) is 1.44. The second kappa shape index (κ2) is 2.53. The smallest absolute Gasteiger partial charge is 0.411 e. The van der Waals surface area contributed by atoms with Crippen molar-refractivity contribution < 1.29 is 22.7 Å². The number of alkyl halides is 3. The molecule has 70 valence electrons. The number of halogens is 3. The zero-order chi connectivity index (χ0) is 9.41. The first-order chi connectivity index (χ1) is 5.41. The van der Waals surface area contributed by atoms with Crippen molar-refractivity contribution in [3.8, 4) is 0 Å². The maximum Gasteiger partial charge on any atom is 0.411 e. The van der Waals surface area contributed by atoms with Crippen molar-refractivity contribution >= 4 is 6.09 Å². The van der Waals surface area contributed by atoms with Crippen LogP contribution in [0.4, 0.5) is 18.0 Å². The van der Waals surface area contributed by atoms with Crippen LogP contribution >= 0.6 is 0 Å². The summed E-state index contributed by atoms with van der Waals surface area (Å²) < 4.78 is 40.4. The van der Waals surface area contributed by atoms with Crippen LogP contribution in [0.1, 0.15) is 12.8 Å². The summed E-state index contributed by atoms with van der Waals surface area (Å²) in [7, 11) is 1.03. The highest BCUT2D eigenvalue weighted by molar-refractivity contribution is 5.69. The minimum Gasteiger partial charge on any atom is -0.453 e. The van der Waals surface area contributed by atoms with Crippen LogP contribution in [0.15, 0.2) is 0 Å². The number of carbonyl (C=O) groups is 1. The van der Waals surface area contributed by atoms with E-state index in [1.807, 2.05) is 0 Å². The Kier molecular flexibility index (Phi) is 1.93. The van der Waals surface area contributed by atoms with Crippen LogP contribution in [-0.4, -0.2) is 24.9 Å². The van der Waals surface area contributed by atoms with E-state index >= 15 is 0 Å². The summed E-state index contributed by atoms with van der Waals surface area (Å²) in [5.74, 6) is 0. The van der Waals surface area contributed by atoms with E-state index in [4.69, 9.17) is 0 Å². The molecular weight excluding hydrogens is 175 g/mol. The lowest BCUT2D eigenvalue weighted by Crippen LogP contribution is -2.47. The minimum atomic E-state index is -4.37. The van der Waals surface area contributed by atoms with Crippen molar-refractivity contribution in [2.45, 2.75) is 24.6 Å². The van der Waals surface area contributed by atoms with Crippen molar-refractivity contribution in [1.29, 1.82) is 0 Å². The van der Waals surface area contributed by atoms with Crippen LogP contribution in [0.5, 0.6) is 0 Å². The molecule has 1 N–H and O–H groups in total. The molecule has 6 heteroatoms. The maximum absolute atomic E-state index is 12.1. The van der Waals surface area contributed by atoms with Crippen LogP contribution < -0.4 is 5.32 Å². The van der Waals surface area contributed by atoms with E-state index in [2.05, 4.69) is 4.74 Å². The molecule has 12 heavy (non-hydrogen) atoms. The first kappa shape index (κ1) is 9.15. The predicted molar refractivity (Wildman–Crippen MR) is 33.6 cm³/mol. The molecule has 1 saturated carbocycles. The van der Waals surface area contributed by atoms with E-state index < -0.39 is 17.8 Å². The van der Waals surface area contributed by atoms with Crippen LogP contribution in [-0.2, 0) is 4.74 Å². The van der Waals surface area contributed by atoms with E-state index in [1.54, 1.807) is 5.32 Å². The fraction of sp³-hybridized carbons (Fsp3) is 0.833. The molecular formula is C6H8F3NO2. The molecule has 1 aliphatic rings. The number of hydrogen-bond acceptors (Lipinski definition) is 2. The number of alkyl carbamates (subject to hydrolysis) is 1. The van der Waals surface area contributed by atoms with Gasteiger partial charge in [0.1, 0.15) is 5.54 Å². The van der Waals surface area contributed by atoms with Gasteiger partial charge < -0.3 is 10.1 Å². The second-order valence-corrected chi connectivity index (χ2v) is 2.70. The van der Waals surface area contributed by atoms with Gasteiger partial charge in [-0.15, -0.1) is 0 Å². The van der Waals surface area contributed by atoms with Gasteiger partial charge in [0.05, 0.1) is 7.11 Å². The Labute approximate surface area is 66.9 Å². The highest BCUT2D eigenvalue weighted by Crippen LogP contribution is 2.48. The maximum atomic E-state index is 12.1. The Bertz CT molecular complexity index is 197. The third-order valence-corrected chi connectivity index (χ3v) is 1.82. The fourth-order valence-corrected chi connectivity index (χ4v) is 0.851. The summed E-state index contributed by atoms with van der Waals surface area (Å²) in [5.41, 5.74) is -2.01. The Morgan fingerprint density at radius 1 is 1.50 bits per heavy atom. The molecule has 0 atom stereocenters. The average molecular weight is 183 g/mol. The molecule has 0 aromatic rings. The summed E-state index contributed by atoms with van der Waals surface area (Å²) in [6.07, 6.45) is -5.54. The zero-order valence-corrected chi connectivity index (χ0v) is 6.36. The molecule has 3 nitrogen and oxygen atoms in total. The van der Waals surface area contributed by atoms with E-state index in [9.17, 15) is 18.0 Å². The normalized spacial score (nSPS) is 20.0.